The van der Waals surface area contributed by atoms with E-state index in [2.05, 4.69) is 22.3 Å². The molecule has 0 atom stereocenters. The molecule has 3 aliphatic rings. The molecule has 3 fully saturated rings. The zero-order chi connectivity index (χ0) is 24.6. The topological polar surface area (TPSA) is 54.5 Å². The molecule has 0 bridgehead atoms. The number of aromatic nitrogens is 1. The van der Waals surface area contributed by atoms with Crippen LogP contribution in [0.3, 0.4) is 0 Å². The minimum atomic E-state index is 0.149. The maximum Gasteiger partial charge on any atom is 0.169 e. The van der Waals surface area contributed by atoms with Gasteiger partial charge in [0.1, 0.15) is 5.75 Å². The molecule has 0 amide bonds. The van der Waals surface area contributed by atoms with Gasteiger partial charge in [-0.1, -0.05) is 17.7 Å². The summed E-state index contributed by atoms with van der Waals surface area (Å²) in [6, 6.07) is 13.1. The van der Waals surface area contributed by atoms with Gasteiger partial charge in [-0.15, -0.1) is 0 Å². The Labute approximate surface area is 218 Å². The summed E-state index contributed by atoms with van der Waals surface area (Å²) in [6.45, 7) is 2.52. The second-order valence-electron chi connectivity index (χ2n) is 10.7. The van der Waals surface area contributed by atoms with E-state index in [4.69, 9.17) is 21.3 Å². The number of hydrogen-bond acceptors (Lipinski definition) is 5. The second kappa shape index (κ2) is 10.0. The fourth-order valence-electron chi connectivity index (χ4n) is 6.02. The Morgan fingerprint density at radius 3 is 2.50 bits per heavy atom. The molecule has 188 valence electrons. The molecule has 6 rings (SSSR count). The third kappa shape index (κ3) is 4.83. The Hall–Kier alpha value is -2.63. The number of methoxy groups -OCH3 is 1. The third-order valence-electron chi connectivity index (χ3n) is 8.22. The standard InChI is InChI=1S/C30H34ClN3O2/c1-36-25-15-21(14-22(31)17-25)20-6-11-28-26(16-20)29(27(18-32-28)30(35)19-4-5-19)33-23-7-9-24(10-8-23)34-12-2-3-13-34/h6,11,14-19,23-24H,2-5,7-10,12-13H2,1H3,(H,32,33)/t23-,24-. The van der Waals surface area contributed by atoms with Crippen LogP contribution in [0.25, 0.3) is 22.0 Å². The number of nitrogens with one attached hydrogen (secondary N) is 1. The number of hydrogen-bond donors (Lipinski definition) is 1. The average Bonchev–Trinajstić information content (AvgIpc) is 3.62. The van der Waals surface area contributed by atoms with Gasteiger partial charge in [-0.2, -0.15) is 0 Å². The number of carbonyl (C=O) groups excluding carboxylic acids is 1. The highest BCUT2D eigenvalue weighted by atomic mass is 35.5. The number of benzene rings is 2. The summed E-state index contributed by atoms with van der Waals surface area (Å²) in [7, 11) is 1.65. The largest absolute Gasteiger partial charge is 0.497 e. The van der Waals surface area contributed by atoms with Crippen LogP contribution < -0.4 is 10.1 Å². The first-order chi connectivity index (χ1) is 17.6. The molecule has 0 radical (unpaired) electrons. The van der Waals surface area contributed by atoms with Crippen LogP contribution in [0.4, 0.5) is 5.69 Å². The highest BCUT2D eigenvalue weighted by Gasteiger charge is 2.34. The highest BCUT2D eigenvalue weighted by Crippen LogP contribution is 2.39. The van der Waals surface area contributed by atoms with E-state index in [0.717, 1.165) is 70.8 Å². The summed E-state index contributed by atoms with van der Waals surface area (Å²) in [5.41, 5.74) is 4.61. The Kier molecular flexibility index (Phi) is 6.61. The zero-order valence-corrected chi connectivity index (χ0v) is 21.7. The van der Waals surface area contributed by atoms with Crippen molar-refractivity contribution in [3.8, 4) is 16.9 Å². The number of fused-ring (bicyclic) bond motifs is 1. The number of ketones is 1. The second-order valence-corrected chi connectivity index (χ2v) is 11.1. The number of anilines is 1. The van der Waals surface area contributed by atoms with Crippen LogP contribution in [0, 0.1) is 5.92 Å². The van der Waals surface area contributed by atoms with Crippen molar-refractivity contribution in [3.63, 3.8) is 0 Å². The van der Waals surface area contributed by atoms with Crippen LogP contribution in [0.15, 0.2) is 42.6 Å². The molecule has 0 spiro atoms. The first kappa shape index (κ1) is 23.7. The van der Waals surface area contributed by atoms with Crippen molar-refractivity contribution in [2.75, 3.05) is 25.5 Å². The van der Waals surface area contributed by atoms with E-state index in [9.17, 15) is 4.79 Å². The fraction of sp³-hybridized carbons (Fsp3) is 0.467. The number of likely N-dealkylation sites (tertiary alicyclic amines) is 1. The van der Waals surface area contributed by atoms with Gasteiger partial charge >= 0.3 is 0 Å². The van der Waals surface area contributed by atoms with Crippen molar-refractivity contribution in [2.45, 2.75) is 63.5 Å². The van der Waals surface area contributed by atoms with Gasteiger partial charge in [-0.05, 0) is 106 Å². The quantitative estimate of drug-likeness (QED) is 0.352. The van der Waals surface area contributed by atoms with Crippen LogP contribution in [0.2, 0.25) is 5.02 Å². The van der Waals surface area contributed by atoms with E-state index in [1.807, 2.05) is 24.3 Å². The van der Waals surface area contributed by atoms with Crippen LogP contribution >= 0.6 is 11.6 Å². The van der Waals surface area contributed by atoms with Crippen molar-refractivity contribution in [1.29, 1.82) is 0 Å². The van der Waals surface area contributed by atoms with Crippen molar-refractivity contribution >= 4 is 34.0 Å². The maximum absolute atomic E-state index is 13.3. The monoisotopic (exact) mass is 503 g/mol. The molecule has 2 saturated carbocycles. The molecule has 6 heteroatoms. The summed E-state index contributed by atoms with van der Waals surface area (Å²) in [4.78, 5) is 20.7. The van der Waals surface area contributed by atoms with Crippen LogP contribution in [-0.2, 0) is 0 Å². The summed E-state index contributed by atoms with van der Waals surface area (Å²) in [5, 5.41) is 5.48. The Bertz CT molecular complexity index is 1270. The van der Waals surface area contributed by atoms with Gasteiger partial charge in [-0.25, -0.2) is 0 Å². The molecule has 1 aromatic heterocycles. The molecular formula is C30H34ClN3O2. The number of ether oxygens (including phenoxy) is 1. The molecule has 3 aromatic rings. The van der Waals surface area contributed by atoms with Gasteiger partial charge in [-0.3, -0.25) is 9.78 Å². The van der Waals surface area contributed by atoms with Crippen LogP contribution in [0.1, 0.15) is 61.7 Å². The van der Waals surface area contributed by atoms with Gasteiger partial charge in [0.15, 0.2) is 5.78 Å². The van der Waals surface area contributed by atoms with E-state index < -0.39 is 0 Å². The molecule has 1 saturated heterocycles. The fourth-order valence-corrected chi connectivity index (χ4v) is 6.25. The van der Waals surface area contributed by atoms with Crippen molar-refractivity contribution in [1.82, 2.24) is 9.88 Å². The average molecular weight is 504 g/mol. The van der Waals surface area contributed by atoms with Crippen molar-refractivity contribution in [3.05, 3.63) is 53.2 Å². The number of Topliss-reactive ketones (excluding diaryl/α,β-unsaturated/α-hetero) is 1. The maximum atomic E-state index is 13.3. The number of halogens is 1. The van der Waals surface area contributed by atoms with E-state index in [0.29, 0.717) is 11.1 Å². The van der Waals surface area contributed by atoms with Crippen LogP contribution in [-0.4, -0.2) is 48.0 Å². The van der Waals surface area contributed by atoms with E-state index >= 15 is 0 Å². The Balaban J connectivity index is 1.35. The summed E-state index contributed by atoms with van der Waals surface area (Å²) < 4.78 is 5.44. The molecule has 0 unspecified atom stereocenters. The lowest BCUT2D eigenvalue weighted by molar-refractivity contribution is 0.0968. The normalized spacial score (nSPS) is 22.6. The minimum Gasteiger partial charge on any atom is -0.497 e. The first-order valence-corrected chi connectivity index (χ1v) is 13.8. The number of carbonyl (C=O) groups is 1. The van der Waals surface area contributed by atoms with Crippen LogP contribution in [0.5, 0.6) is 5.75 Å². The van der Waals surface area contributed by atoms with Crippen molar-refractivity contribution in [2.24, 2.45) is 5.92 Å². The first-order valence-electron chi connectivity index (χ1n) is 13.4. The molecule has 2 aliphatic carbocycles. The highest BCUT2D eigenvalue weighted by molar-refractivity contribution is 6.31. The predicted octanol–water partition coefficient (Wildman–Crippen LogP) is 6.98. The van der Waals surface area contributed by atoms with E-state index in [1.165, 1.54) is 38.8 Å². The third-order valence-corrected chi connectivity index (χ3v) is 8.44. The SMILES string of the molecule is COc1cc(Cl)cc(-c2ccc3ncc(C(=O)C4CC4)c(N[C@H]4CC[C@H](N5CCCC5)CC4)c3c2)c1. The molecule has 2 heterocycles. The molecule has 2 aromatic carbocycles. The smallest absolute Gasteiger partial charge is 0.169 e. The summed E-state index contributed by atoms with van der Waals surface area (Å²) in [5.74, 6) is 1.10. The molecule has 36 heavy (non-hydrogen) atoms. The van der Waals surface area contributed by atoms with Gasteiger partial charge in [0, 0.05) is 34.6 Å². The Morgan fingerprint density at radius 1 is 1.00 bits per heavy atom. The predicted molar refractivity (Wildman–Crippen MR) is 146 cm³/mol. The van der Waals surface area contributed by atoms with Gasteiger partial charge in [0.2, 0.25) is 0 Å². The number of nitrogens with zero attached hydrogens (tertiary/aromatic N) is 2. The number of pyridine rings is 1. The number of rotatable bonds is 7. The molecular weight excluding hydrogens is 470 g/mol. The minimum absolute atomic E-state index is 0.149. The van der Waals surface area contributed by atoms with Gasteiger partial charge < -0.3 is 15.0 Å². The Morgan fingerprint density at radius 2 is 1.78 bits per heavy atom. The van der Waals surface area contributed by atoms with Crippen molar-refractivity contribution < 1.29 is 9.53 Å². The zero-order valence-electron chi connectivity index (χ0n) is 20.9. The molecule has 1 aliphatic heterocycles. The van der Waals surface area contributed by atoms with Gasteiger partial charge in [0.05, 0.1) is 23.9 Å². The lowest BCUT2D eigenvalue weighted by Crippen LogP contribution is -2.39. The molecule has 1 N–H and O–H groups in total. The van der Waals surface area contributed by atoms with E-state index in [-0.39, 0.29) is 11.7 Å². The molecule has 5 nitrogen and oxygen atoms in total. The lowest BCUT2D eigenvalue weighted by atomic mass is 9.89. The van der Waals surface area contributed by atoms with E-state index in [1.54, 1.807) is 13.3 Å². The summed E-state index contributed by atoms with van der Waals surface area (Å²) in [6.07, 6.45) is 11.2. The van der Waals surface area contributed by atoms with Gasteiger partial charge in [0.25, 0.3) is 0 Å². The summed E-state index contributed by atoms with van der Waals surface area (Å²) >= 11 is 6.37. The lowest BCUT2D eigenvalue weighted by Gasteiger charge is -2.35.